The fraction of sp³-hybridized carbons (Fsp3) is 0.222. The molecule has 4 nitrogen and oxygen atoms in total. The maximum absolute atomic E-state index is 9.43. The molecule has 5 aromatic rings. The van der Waals surface area contributed by atoms with Crippen LogP contribution in [0.3, 0.4) is 0 Å². The monoisotopic (exact) mass is 526 g/mol. The lowest BCUT2D eigenvalue weighted by molar-refractivity contribution is -0.596. The molecule has 0 bridgehead atoms. The highest BCUT2D eigenvalue weighted by Gasteiger charge is 2.43. The minimum absolute atomic E-state index is 0.0586. The molecule has 0 saturated heterocycles. The summed E-state index contributed by atoms with van der Waals surface area (Å²) in [5, 5.41) is 9.43. The fourth-order valence-corrected chi connectivity index (χ4v) is 6.68. The summed E-state index contributed by atoms with van der Waals surface area (Å²) in [5.41, 5.74) is 13.6. The Morgan fingerprint density at radius 2 is 1.05 bits per heavy atom. The van der Waals surface area contributed by atoms with Gasteiger partial charge in [-0.15, -0.1) is 0 Å². The van der Waals surface area contributed by atoms with E-state index in [4.69, 9.17) is 4.74 Å². The Morgan fingerprint density at radius 3 is 1.48 bits per heavy atom. The van der Waals surface area contributed by atoms with Crippen LogP contribution in [0.5, 0.6) is 5.75 Å². The van der Waals surface area contributed by atoms with Crippen molar-refractivity contribution < 1.29 is 19.0 Å². The second-order valence-corrected chi connectivity index (χ2v) is 12.1. The van der Waals surface area contributed by atoms with Crippen LogP contribution in [0, 0.1) is 0 Å². The number of nitrogens with zero attached hydrogens (tertiary/aromatic N) is 2. The van der Waals surface area contributed by atoms with Gasteiger partial charge in [0, 0.05) is 58.4 Å². The van der Waals surface area contributed by atoms with Crippen molar-refractivity contribution in [1.29, 1.82) is 0 Å². The molecule has 3 aromatic carbocycles. The number of rotatable bonds is 4. The topological polar surface area (TPSA) is 37.2 Å². The predicted octanol–water partition coefficient (Wildman–Crippen LogP) is 6.35. The van der Waals surface area contributed by atoms with E-state index in [0.29, 0.717) is 0 Å². The van der Waals surface area contributed by atoms with Crippen LogP contribution in [0.25, 0.3) is 33.6 Å². The molecule has 0 atom stereocenters. The third kappa shape index (κ3) is 3.49. The molecular formula is C36H34N2O2+2. The van der Waals surface area contributed by atoms with Crippen molar-refractivity contribution in [2.75, 3.05) is 7.11 Å². The summed E-state index contributed by atoms with van der Waals surface area (Å²) >= 11 is 0. The molecule has 40 heavy (non-hydrogen) atoms. The number of hydrogen-bond acceptors (Lipinski definition) is 2. The average Bonchev–Trinajstić information content (AvgIpc) is 3.35. The Kier molecular flexibility index (Phi) is 5.32. The number of aliphatic hydroxyl groups is 1. The summed E-state index contributed by atoms with van der Waals surface area (Å²) in [6.07, 6.45) is 8.91. The van der Waals surface area contributed by atoms with E-state index in [9.17, 15) is 5.11 Å². The van der Waals surface area contributed by atoms with Crippen LogP contribution >= 0.6 is 0 Å². The second-order valence-electron chi connectivity index (χ2n) is 12.1. The van der Waals surface area contributed by atoms with Gasteiger partial charge in [-0.1, -0.05) is 39.8 Å². The molecule has 0 radical (unpaired) electrons. The molecule has 1 N–H and O–H groups in total. The lowest BCUT2D eigenvalue weighted by Gasteiger charge is -2.23. The molecule has 2 aliphatic rings. The van der Waals surface area contributed by atoms with Gasteiger partial charge in [0.2, 0.25) is 11.4 Å². The van der Waals surface area contributed by atoms with Crippen molar-refractivity contribution in [1.82, 2.24) is 0 Å². The highest BCUT2D eigenvalue weighted by molar-refractivity contribution is 5.88. The molecule has 7 rings (SSSR count). The molecule has 198 valence electrons. The van der Waals surface area contributed by atoms with E-state index in [1.807, 2.05) is 24.3 Å². The molecule has 0 saturated carbocycles. The summed E-state index contributed by atoms with van der Waals surface area (Å²) in [6, 6.07) is 25.8. The van der Waals surface area contributed by atoms with Crippen molar-refractivity contribution in [3.63, 3.8) is 0 Å². The van der Waals surface area contributed by atoms with Gasteiger partial charge in [-0.2, -0.15) is 9.13 Å². The lowest BCUT2D eigenvalue weighted by Crippen LogP contribution is -2.32. The smallest absolute Gasteiger partial charge is 0.210 e. The Bertz CT molecular complexity index is 1660. The number of benzene rings is 3. The number of hydrogen-bond donors (Lipinski definition) is 1. The van der Waals surface area contributed by atoms with Gasteiger partial charge in [-0.05, 0) is 63.2 Å². The van der Waals surface area contributed by atoms with Gasteiger partial charge in [0.15, 0.2) is 24.8 Å². The molecule has 2 aromatic heterocycles. The maximum Gasteiger partial charge on any atom is 0.210 e. The van der Waals surface area contributed by atoms with Gasteiger partial charge in [-0.3, -0.25) is 0 Å². The zero-order valence-electron chi connectivity index (χ0n) is 23.7. The SMILES string of the molecule is COc1ccc(-[n+]2ccc3c(c2)C(C)(C)c2cc4c(cc2-3)C(C)(C)c2c[n+](-c3ccc(CO)cc3)ccc2-4)cc1. The molecule has 0 fully saturated rings. The minimum Gasteiger partial charge on any atom is -0.497 e. The summed E-state index contributed by atoms with van der Waals surface area (Å²) < 4.78 is 9.76. The van der Waals surface area contributed by atoms with Crippen molar-refractivity contribution in [2.24, 2.45) is 0 Å². The standard InChI is InChI=1S/C36H34N2O2/c1-35(2)31-19-30-28-15-17-38(25-10-12-26(40-5)13-11-25)21-34(28)36(3,4)32(30)18-29(31)27-14-16-37(20-33(27)35)24-8-6-23(22-39)7-9-24/h6-21,39H,22H2,1-5H3/q+2. The minimum atomic E-state index is -0.127. The number of aliphatic hydroxyl groups excluding tert-OH is 1. The molecule has 0 amide bonds. The van der Waals surface area contributed by atoms with E-state index in [2.05, 4.69) is 110 Å². The van der Waals surface area contributed by atoms with Gasteiger partial charge in [0.05, 0.1) is 13.7 Å². The molecule has 2 heterocycles. The van der Waals surface area contributed by atoms with Crippen LogP contribution < -0.4 is 13.9 Å². The van der Waals surface area contributed by atoms with Crippen LogP contribution in [0.15, 0.2) is 97.6 Å². The van der Waals surface area contributed by atoms with Gasteiger partial charge in [0.1, 0.15) is 5.75 Å². The van der Waals surface area contributed by atoms with Crippen LogP contribution in [0.2, 0.25) is 0 Å². The van der Waals surface area contributed by atoms with Gasteiger partial charge in [-0.25, -0.2) is 0 Å². The van der Waals surface area contributed by atoms with Crippen LogP contribution in [-0.2, 0) is 17.4 Å². The molecular weight excluding hydrogens is 492 g/mol. The van der Waals surface area contributed by atoms with Gasteiger partial charge in [0.25, 0.3) is 0 Å². The van der Waals surface area contributed by atoms with Crippen molar-refractivity contribution in [2.45, 2.75) is 45.1 Å². The van der Waals surface area contributed by atoms with Crippen LogP contribution in [0.1, 0.15) is 55.5 Å². The van der Waals surface area contributed by atoms with Crippen molar-refractivity contribution >= 4 is 0 Å². The molecule has 0 aliphatic heterocycles. The van der Waals surface area contributed by atoms with E-state index in [1.165, 1.54) is 44.5 Å². The second kappa shape index (κ2) is 8.61. The predicted molar refractivity (Wildman–Crippen MR) is 157 cm³/mol. The number of aromatic nitrogens is 2. The number of pyridine rings is 2. The zero-order valence-corrected chi connectivity index (χ0v) is 23.7. The van der Waals surface area contributed by atoms with Crippen LogP contribution in [0.4, 0.5) is 0 Å². The van der Waals surface area contributed by atoms with Gasteiger partial charge >= 0.3 is 0 Å². The lowest BCUT2D eigenvalue weighted by atomic mass is 9.79. The molecule has 4 heteroatoms. The van der Waals surface area contributed by atoms with Crippen molar-refractivity contribution in [3.8, 4) is 39.4 Å². The van der Waals surface area contributed by atoms with E-state index >= 15 is 0 Å². The fourth-order valence-electron chi connectivity index (χ4n) is 6.68. The quantitative estimate of drug-likeness (QED) is 0.277. The number of ether oxygens (including phenoxy) is 1. The molecule has 0 unspecified atom stereocenters. The van der Waals surface area contributed by atoms with Crippen LogP contribution in [-0.4, -0.2) is 12.2 Å². The third-order valence-corrected chi connectivity index (χ3v) is 9.14. The summed E-state index contributed by atoms with van der Waals surface area (Å²) in [4.78, 5) is 0. The Hall–Kier alpha value is -4.28. The average molecular weight is 527 g/mol. The first-order valence-corrected chi connectivity index (χ1v) is 13.9. The Balaban J connectivity index is 1.32. The zero-order chi connectivity index (χ0) is 27.8. The molecule has 0 spiro atoms. The maximum atomic E-state index is 9.43. The Labute approximate surface area is 235 Å². The third-order valence-electron chi connectivity index (χ3n) is 9.14. The first kappa shape index (κ1) is 24.7. The first-order valence-electron chi connectivity index (χ1n) is 13.9. The van der Waals surface area contributed by atoms with E-state index in [-0.39, 0.29) is 17.4 Å². The van der Waals surface area contributed by atoms with Gasteiger partial charge < -0.3 is 9.84 Å². The number of fused-ring (bicyclic) bond motifs is 6. The largest absolute Gasteiger partial charge is 0.497 e. The normalized spacial score (nSPS) is 15.2. The molecule has 2 aliphatic carbocycles. The van der Waals surface area contributed by atoms with E-state index in [0.717, 1.165) is 22.7 Å². The first-order chi connectivity index (χ1) is 19.2. The van der Waals surface area contributed by atoms with E-state index in [1.54, 1.807) is 7.11 Å². The highest BCUT2D eigenvalue weighted by atomic mass is 16.5. The summed E-state index contributed by atoms with van der Waals surface area (Å²) in [5.74, 6) is 0.862. The van der Waals surface area contributed by atoms with Crippen molar-refractivity contribution in [3.05, 3.63) is 125 Å². The summed E-state index contributed by atoms with van der Waals surface area (Å²) in [6.45, 7) is 9.43. The summed E-state index contributed by atoms with van der Waals surface area (Å²) in [7, 11) is 1.70. The van der Waals surface area contributed by atoms with E-state index < -0.39 is 0 Å². The number of methoxy groups -OCH3 is 1. The Morgan fingerprint density at radius 1 is 0.600 bits per heavy atom. The highest BCUT2D eigenvalue weighted by Crippen LogP contribution is 2.55.